The maximum Gasteiger partial charge on any atom is 0.227 e. The molecule has 1 fully saturated rings. The lowest BCUT2D eigenvalue weighted by atomic mass is 10.2. The van der Waals surface area contributed by atoms with Crippen molar-refractivity contribution >= 4 is 17.5 Å². The van der Waals surface area contributed by atoms with E-state index in [9.17, 15) is 4.39 Å². The quantitative estimate of drug-likeness (QED) is 0.902. The molecule has 25 heavy (non-hydrogen) atoms. The van der Waals surface area contributed by atoms with E-state index in [-0.39, 0.29) is 5.82 Å². The van der Waals surface area contributed by atoms with Crippen molar-refractivity contribution in [1.82, 2.24) is 9.97 Å². The summed E-state index contributed by atoms with van der Waals surface area (Å²) in [5.74, 6) is 2.04. The lowest BCUT2D eigenvalue weighted by molar-refractivity contribution is 0.622. The molecule has 1 aliphatic rings. The van der Waals surface area contributed by atoms with Gasteiger partial charge in [-0.3, -0.25) is 0 Å². The molecule has 0 saturated carbocycles. The van der Waals surface area contributed by atoms with E-state index in [2.05, 4.69) is 38.9 Å². The molecule has 134 valence electrons. The van der Waals surface area contributed by atoms with Crippen molar-refractivity contribution in [3.63, 3.8) is 0 Å². The van der Waals surface area contributed by atoms with E-state index >= 15 is 0 Å². The van der Waals surface area contributed by atoms with Crippen LogP contribution in [-0.4, -0.2) is 42.7 Å². The van der Waals surface area contributed by atoms with Gasteiger partial charge in [0.05, 0.1) is 0 Å². The van der Waals surface area contributed by atoms with Gasteiger partial charge >= 0.3 is 0 Å². The van der Waals surface area contributed by atoms with Gasteiger partial charge in [-0.05, 0) is 37.1 Å². The van der Waals surface area contributed by atoms with Crippen molar-refractivity contribution < 1.29 is 4.39 Å². The number of rotatable bonds is 5. The summed E-state index contributed by atoms with van der Waals surface area (Å²) in [6.07, 6.45) is 0. The number of halogens is 1. The first-order valence-corrected chi connectivity index (χ1v) is 8.86. The second kappa shape index (κ2) is 7.68. The summed E-state index contributed by atoms with van der Waals surface area (Å²) < 4.78 is 13.1. The van der Waals surface area contributed by atoms with Crippen LogP contribution < -0.4 is 15.1 Å². The van der Waals surface area contributed by atoms with Crippen LogP contribution in [0, 0.1) is 18.7 Å². The van der Waals surface area contributed by atoms with Crippen LogP contribution in [0.1, 0.15) is 19.5 Å². The SMILES string of the molecule is Cc1cc(NCC(C)C)nc(N2CCN(c3ccc(F)cc3)CC2)n1. The molecule has 1 N–H and O–H groups in total. The fraction of sp³-hybridized carbons (Fsp3) is 0.474. The van der Waals surface area contributed by atoms with Crippen molar-refractivity contribution in [2.24, 2.45) is 5.92 Å². The predicted octanol–water partition coefficient (Wildman–Crippen LogP) is 3.32. The second-order valence-electron chi connectivity index (χ2n) is 6.92. The average Bonchev–Trinajstić information content (AvgIpc) is 2.60. The maximum atomic E-state index is 13.1. The number of benzene rings is 1. The molecule has 2 aromatic rings. The first-order chi connectivity index (χ1) is 12.0. The van der Waals surface area contributed by atoms with Gasteiger partial charge in [-0.1, -0.05) is 13.8 Å². The highest BCUT2D eigenvalue weighted by Crippen LogP contribution is 2.20. The Hall–Kier alpha value is -2.37. The van der Waals surface area contributed by atoms with E-state index in [1.165, 1.54) is 12.1 Å². The lowest BCUT2D eigenvalue weighted by Crippen LogP contribution is -2.47. The lowest BCUT2D eigenvalue weighted by Gasteiger charge is -2.36. The molecule has 0 aliphatic carbocycles. The van der Waals surface area contributed by atoms with Gasteiger partial charge in [0.15, 0.2) is 0 Å². The van der Waals surface area contributed by atoms with E-state index in [0.29, 0.717) is 5.92 Å². The Labute approximate surface area is 148 Å². The number of aryl methyl sites for hydroxylation is 1. The standard InChI is InChI=1S/C19H26FN5/c1-14(2)13-21-18-12-15(3)22-19(23-18)25-10-8-24(9-11-25)17-6-4-16(20)5-7-17/h4-7,12,14H,8-11,13H2,1-3H3,(H,21,22,23). The summed E-state index contributed by atoms with van der Waals surface area (Å²) in [5, 5.41) is 3.38. The van der Waals surface area contributed by atoms with Crippen LogP contribution in [0.4, 0.5) is 21.8 Å². The third kappa shape index (κ3) is 4.59. The Balaban J connectivity index is 1.65. The molecule has 0 radical (unpaired) electrons. The second-order valence-corrected chi connectivity index (χ2v) is 6.92. The van der Waals surface area contributed by atoms with Crippen molar-refractivity contribution in [1.29, 1.82) is 0 Å². The number of hydrogen-bond acceptors (Lipinski definition) is 5. The summed E-state index contributed by atoms with van der Waals surface area (Å²) in [6, 6.07) is 8.68. The fourth-order valence-corrected chi connectivity index (χ4v) is 2.91. The molecule has 0 spiro atoms. The predicted molar refractivity (Wildman–Crippen MR) is 101 cm³/mol. The molecule has 1 aliphatic heterocycles. The highest BCUT2D eigenvalue weighted by Gasteiger charge is 2.20. The van der Waals surface area contributed by atoms with Crippen molar-refractivity contribution in [2.45, 2.75) is 20.8 Å². The van der Waals surface area contributed by atoms with Crippen LogP contribution in [0.25, 0.3) is 0 Å². The topological polar surface area (TPSA) is 44.3 Å². The van der Waals surface area contributed by atoms with Gasteiger partial charge in [0.25, 0.3) is 0 Å². The van der Waals surface area contributed by atoms with Gasteiger partial charge in [-0.2, -0.15) is 4.98 Å². The molecule has 6 heteroatoms. The van der Waals surface area contributed by atoms with Crippen LogP contribution in [0.3, 0.4) is 0 Å². The Morgan fingerprint density at radius 1 is 1.04 bits per heavy atom. The van der Waals surface area contributed by atoms with Crippen molar-refractivity contribution in [3.05, 3.63) is 41.8 Å². The molecule has 5 nitrogen and oxygen atoms in total. The van der Waals surface area contributed by atoms with Gasteiger partial charge in [0.1, 0.15) is 11.6 Å². The van der Waals surface area contributed by atoms with Gasteiger partial charge < -0.3 is 15.1 Å². The smallest absolute Gasteiger partial charge is 0.227 e. The molecule has 1 saturated heterocycles. The zero-order chi connectivity index (χ0) is 17.8. The zero-order valence-electron chi connectivity index (χ0n) is 15.2. The minimum atomic E-state index is -0.197. The third-order valence-corrected chi connectivity index (χ3v) is 4.29. The molecule has 1 aromatic carbocycles. The normalized spacial score (nSPS) is 14.9. The molecular formula is C19H26FN5. The van der Waals surface area contributed by atoms with Crippen LogP contribution in [0.5, 0.6) is 0 Å². The van der Waals surface area contributed by atoms with Crippen LogP contribution in [0.2, 0.25) is 0 Å². The Bertz CT molecular complexity index is 693. The van der Waals surface area contributed by atoms with Gasteiger partial charge in [-0.15, -0.1) is 0 Å². The molecule has 0 amide bonds. The van der Waals surface area contributed by atoms with Crippen LogP contribution >= 0.6 is 0 Å². The summed E-state index contributed by atoms with van der Waals surface area (Å²) >= 11 is 0. The molecule has 0 bridgehead atoms. The maximum absolute atomic E-state index is 13.1. The Morgan fingerprint density at radius 3 is 2.32 bits per heavy atom. The largest absolute Gasteiger partial charge is 0.370 e. The molecule has 2 heterocycles. The van der Waals surface area contributed by atoms with Gasteiger partial charge in [0.2, 0.25) is 5.95 Å². The van der Waals surface area contributed by atoms with Gasteiger partial charge in [-0.25, -0.2) is 9.37 Å². The number of nitrogens with one attached hydrogen (secondary N) is 1. The highest BCUT2D eigenvalue weighted by molar-refractivity contribution is 5.49. The van der Waals surface area contributed by atoms with Crippen LogP contribution in [0.15, 0.2) is 30.3 Å². The average molecular weight is 343 g/mol. The molecule has 3 rings (SSSR count). The minimum Gasteiger partial charge on any atom is -0.370 e. The first-order valence-electron chi connectivity index (χ1n) is 8.86. The number of nitrogens with zero attached hydrogens (tertiary/aromatic N) is 4. The van der Waals surface area contributed by atoms with Crippen LogP contribution in [-0.2, 0) is 0 Å². The van der Waals surface area contributed by atoms with E-state index in [4.69, 9.17) is 0 Å². The monoisotopic (exact) mass is 343 g/mol. The van der Waals surface area contributed by atoms with E-state index in [1.807, 2.05) is 25.1 Å². The Morgan fingerprint density at radius 2 is 1.68 bits per heavy atom. The van der Waals surface area contributed by atoms with Crippen molar-refractivity contribution in [3.8, 4) is 0 Å². The Kier molecular flexibility index (Phi) is 5.36. The third-order valence-electron chi connectivity index (χ3n) is 4.29. The molecular weight excluding hydrogens is 317 g/mol. The minimum absolute atomic E-state index is 0.197. The van der Waals surface area contributed by atoms with E-state index in [1.54, 1.807) is 0 Å². The highest BCUT2D eigenvalue weighted by atomic mass is 19.1. The molecule has 0 atom stereocenters. The molecule has 1 aromatic heterocycles. The summed E-state index contributed by atoms with van der Waals surface area (Å²) in [4.78, 5) is 13.8. The van der Waals surface area contributed by atoms with E-state index < -0.39 is 0 Å². The number of hydrogen-bond donors (Lipinski definition) is 1. The molecule has 0 unspecified atom stereocenters. The first kappa shape index (κ1) is 17.5. The zero-order valence-corrected chi connectivity index (χ0v) is 15.2. The van der Waals surface area contributed by atoms with Gasteiger partial charge in [0, 0.05) is 50.2 Å². The fourth-order valence-electron chi connectivity index (χ4n) is 2.91. The van der Waals surface area contributed by atoms with Crippen molar-refractivity contribution in [2.75, 3.05) is 47.8 Å². The summed E-state index contributed by atoms with van der Waals surface area (Å²) in [7, 11) is 0. The summed E-state index contributed by atoms with van der Waals surface area (Å²) in [6.45, 7) is 10.7. The number of aromatic nitrogens is 2. The van der Waals surface area contributed by atoms with E-state index in [0.717, 1.165) is 55.9 Å². The number of piperazine rings is 1. The number of anilines is 3. The summed E-state index contributed by atoms with van der Waals surface area (Å²) in [5.41, 5.74) is 2.03.